The molecule has 0 atom stereocenters. The quantitative estimate of drug-likeness (QED) is 0.703. The van der Waals surface area contributed by atoms with E-state index < -0.39 is 13.1 Å². The smallest absolute Gasteiger partial charge is 0.522 e. The third-order valence-electron chi connectivity index (χ3n) is 2.87. The monoisotopic (exact) mass is 220 g/mol. The minimum Gasteiger partial charge on any atom is -0.536 e. The number of carboxylic acids is 1. The SMILES string of the molecule is Cc1c(C(=O)O)ccc2c1OB(O)CCC2. The van der Waals surface area contributed by atoms with E-state index in [1.807, 2.05) is 0 Å². The van der Waals surface area contributed by atoms with Crippen molar-refractivity contribution in [1.82, 2.24) is 0 Å². The Labute approximate surface area is 94.0 Å². The van der Waals surface area contributed by atoms with Gasteiger partial charge in [-0.15, -0.1) is 0 Å². The normalized spacial score (nSPS) is 15.0. The molecule has 16 heavy (non-hydrogen) atoms. The van der Waals surface area contributed by atoms with E-state index in [0.29, 0.717) is 17.6 Å². The van der Waals surface area contributed by atoms with Gasteiger partial charge in [0.2, 0.25) is 0 Å². The molecule has 0 fully saturated rings. The summed E-state index contributed by atoms with van der Waals surface area (Å²) in [7, 11) is -0.830. The first-order valence-electron chi connectivity index (χ1n) is 5.30. The van der Waals surface area contributed by atoms with Crippen LogP contribution in [-0.4, -0.2) is 23.2 Å². The lowest BCUT2D eigenvalue weighted by molar-refractivity contribution is 0.0695. The first-order chi connectivity index (χ1) is 7.59. The van der Waals surface area contributed by atoms with Crippen molar-refractivity contribution in [3.05, 3.63) is 28.8 Å². The molecule has 84 valence electrons. The highest BCUT2D eigenvalue weighted by atomic mass is 16.5. The molecule has 1 aliphatic rings. The Hall–Kier alpha value is -1.49. The molecule has 2 rings (SSSR count). The zero-order valence-corrected chi connectivity index (χ0v) is 9.06. The summed E-state index contributed by atoms with van der Waals surface area (Å²) < 4.78 is 5.37. The second-order valence-electron chi connectivity index (χ2n) is 4.00. The number of aryl methyl sites for hydroxylation is 1. The Kier molecular flexibility index (Phi) is 2.87. The largest absolute Gasteiger partial charge is 0.536 e. The molecule has 0 radical (unpaired) electrons. The maximum absolute atomic E-state index is 11.0. The van der Waals surface area contributed by atoms with E-state index in [2.05, 4.69) is 0 Å². The minimum absolute atomic E-state index is 0.229. The van der Waals surface area contributed by atoms with E-state index in [-0.39, 0.29) is 5.56 Å². The van der Waals surface area contributed by atoms with Crippen molar-refractivity contribution >= 4 is 13.1 Å². The lowest BCUT2D eigenvalue weighted by atomic mass is 9.84. The van der Waals surface area contributed by atoms with Gasteiger partial charge in [0.05, 0.1) is 5.56 Å². The predicted molar refractivity (Wildman–Crippen MR) is 59.9 cm³/mol. The summed E-state index contributed by atoms with van der Waals surface area (Å²) in [6, 6.07) is 3.36. The first-order valence-corrected chi connectivity index (χ1v) is 5.30. The average Bonchev–Trinajstić information content (AvgIpc) is 2.40. The van der Waals surface area contributed by atoms with Gasteiger partial charge in [0.1, 0.15) is 5.75 Å². The highest BCUT2D eigenvalue weighted by Gasteiger charge is 2.24. The molecular formula is C11H13BO4. The lowest BCUT2D eigenvalue weighted by Gasteiger charge is -2.14. The molecule has 0 aliphatic carbocycles. The highest BCUT2D eigenvalue weighted by molar-refractivity contribution is 6.43. The van der Waals surface area contributed by atoms with Crippen LogP contribution >= 0.6 is 0 Å². The molecule has 0 spiro atoms. The number of carbonyl (C=O) groups is 1. The van der Waals surface area contributed by atoms with Gasteiger partial charge in [-0.1, -0.05) is 6.07 Å². The van der Waals surface area contributed by atoms with E-state index in [9.17, 15) is 9.82 Å². The molecule has 0 unspecified atom stereocenters. The van der Waals surface area contributed by atoms with Gasteiger partial charge in [-0.2, -0.15) is 0 Å². The van der Waals surface area contributed by atoms with Crippen molar-refractivity contribution in [3.63, 3.8) is 0 Å². The molecule has 0 amide bonds. The molecule has 0 aromatic heterocycles. The summed E-state index contributed by atoms with van der Waals surface area (Å²) in [6.45, 7) is 1.71. The Morgan fingerprint density at radius 1 is 1.50 bits per heavy atom. The Morgan fingerprint density at radius 2 is 2.25 bits per heavy atom. The fourth-order valence-electron chi connectivity index (χ4n) is 2.00. The van der Waals surface area contributed by atoms with Crippen LogP contribution in [0.4, 0.5) is 0 Å². The Morgan fingerprint density at radius 3 is 2.94 bits per heavy atom. The summed E-state index contributed by atoms with van der Waals surface area (Å²) in [5, 5.41) is 18.5. The summed E-state index contributed by atoms with van der Waals surface area (Å²) in [4.78, 5) is 11.0. The molecule has 5 heteroatoms. The number of rotatable bonds is 1. The fourth-order valence-corrected chi connectivity index (χ4v) is 2.00. The second-order valence-corrected chi connectivity index (χ2v) is 4.00. The summed E-state index contributed by atoms with van der Waals surface area (Å²) in [5.74, 6) is -0.437. The molecule has 1 aromatic carbocycles. The van der Waals surface area contributed by atoms with Crippen molar-refractivity contribution in [2.45, 2.75) is 26.1 Å². The van der Waals surface area contributed by atoms with Crippen LogP contribution in [0.1, 0.15) is 27.9 Å². The number of aromatic carboxylic acids is 1. The molecule has 2 N–H and O–H groups in total. The first kappa shape index (κ1) is 11.0. The van der Waals surface area contributed by atoms with Crippen LogP contribution in [0, 0.1) is 6.92 Å². The van der Waals surface area contributed by atoms with E-state index >= 15 is 0 Å². The van der Waals surface area contributed by atoms with Gasteiger partial charge in [0.15, 0.2) is 0 Å². The summed E-state index contributed by atoms with van der Waals surface area (Å²) >= 11 is 0. The van der Waals surface area contributed by atoms with Crippen molar-refractivity contribution in [1.29, 1.82) is 0 Å². The third kappa shape index (κ3) is 1.90. The molecular weight excluding hydrogens is 207 g/mol. The number of benzene rings is 1. The van der Waals surface area contributed by atoms with Gasteiger partial charge in [-0.05, 0) is 37.7 Å². The number of fused-ring (bicyclic) bond motifs is 1. The van der Waals surface area contributed by atoms with Gasteiger partial charge in [-0.3, -0.25) is 0 Å². The minimum atomic E-state index is -0.970. The van der Waals surface area contributed by atoms with E-state index in [4.69, 9.17) is 9.76 Å². The van der Waals surface area contributed by atoms with Gasteiger partial charge < -0.3 is 14.8 Å². The highest BCUT2D eigenvalue weighted by Crippen LogP contribution is 2.31. The van der Waals surface area contributed by atoms with Crippen LogP contribution in [0.2, 0.25) is 6.32 Å². The number of hydrogen-bond donors (Lipinski definition) is 2. The predicted octanol–water partition coefficient (Wildman–Crippen LogP) is 1.50. The molecule has 0 bridgehead atoms. The maximum Gasteiger partial charge on any atom is 0.522 e. The van der Waals surface area contributed by atoms with Crippen LogP contribution < -0.4 is 4.65 Å². The summed E-state index contributed by atoms with van der Waals surface area (Å²) in [5.41, 5.74) is 1.79. The molecule has 4 nitrogen and oxygen atoms in total. The van der Waals surface area contributed by atoms with Gasteiger partial charge >= 0.3 is 13.1 Å². The van der Waals surface area contributed by atoms with Crippen molar-refractivity contribution in [2.75, 3.05) is 0 Å². The molecule has 1 aromatic rings. The summed E-state index contributed by atoms with van der Waals surface area (Å²) in [6.07, 6.45) is 2.24. The van der Waals surface area contributed by atoms with Crippen LogP contribution in [0.25, 0.3) is 0 Å². The van der Waals surface area contributed by atoms with Gasteiger partial charge in [0, 0.05) is 5.56 Å². The van der Waals surface area contributed by atoms with Crippen LogP contribution in [0.5, 0.6) is 5.75 Å². The van der Waals surface area contributed by atoms with E-state index in [1.165, 1.54) is 0 Å². The average molecular weight is 220 g/mol. The molecule has 0 saturated heterocycles. The Balaban J connectivity index is 2.50. The van der Waals surface area contributed by atoms with Crippen LogP contribution in [0.3, 0.4) is 0 Å². The molecule has 1 aliphatic heterocycles. The second kappa shape index (κ2) is 4.18. The van der Waals surface area contributed by atoms with E-state index in [1.54, 1.807) is 19.1 Å². The standard InChI is InChI=1S/C11H13BO4/c1-7-9(11(13)14)5-4-8-3-2-6-12(15)16-10(7)8/h4-5,15H,2-3,6H2,1H3,(H,13,14). The molecule has 1 heterocycles. The Bertz CT molecular complexity index is 430. The zero-order chi connectivity index (χ0) is 11.7. The fraction of sp³-hybridized carbons (Fsp3) is 0.364. The third-order valence-corrected chi connectivity index (χ3v) is 2.87. The van der Waals surface area contributed by atoms with Crippen molar-refractivity contribution in [3.8, 4) is 5.75 Å². The van der Waals surface area contributed by atoms with Crippen LogP contribution in [0.15, 0.2) is 12.1 Å². The van der Waals surface area contributed by atoms with Gasteiger partial charge in [-0.25, -0.2) is 4.79 Å². The molecule has 0 saturated carbocycles. The van der Waals surface area contributed by atoms with Crippen molar-refractivity contribution < 1.29 is 19.6 Å². The topological polar surface area (TPSA) is 66.8 Å². The lowest BCUT2D eigenvalue weighted by Crippen LogP contribution is -2.20. The van der Waals surface area contributed by atoms with Crippen molar-refractivity contribution in [2.24, 2.45) is 0 Å². The number of hydrogen-bond acceptors (Lipinski definition) is 3. The number of carboxylic acid groups (broad SMARTS) is 1. The van der Waals surface area contributed by atoms with Crippen LogP contribution in [-0.2, 0) is 6.42 Å². The zero-order valence-electron chi connectivity index (χ0n) is 9.06. The maximum atomic E-state index is 11.0. The van der Waals surface area contributed by atoms with Gasteiger partial charge in [0.25, 0.3) is 0 Å². The van der Waals surface area contributed by atoms with E-state index in [0.717, 1.165) is 18.4 Å².